The lowest BCUT2D eigenvalue weighted by Gasteiger charge is -2.17. The molecule has 1 aromatic carbocycles. The quantitative estimate of drug-likeness (QED) is 0.906. The first kappa shape index (κ1) is 14.8. The largest absolute Gasteiger partial charge is 0.493 e. The minimum atomic E-state index is -1.13. The highest BCUT2D eigenvalue weighted by atomic mass is 32.2. The van der Waals surface area contributed by atoms with Crippen LogP contribution in [0.25, 0.3) is 11.3 Å². The number of rotatable bonds is 5. The van der Waals surface area contributed by atoms with Crippen LogP contribution in [0.15, 0.2) is 28.8 Å². The van der Waals surface area contributed by atoms with Crippen molar-refractivity contribution in [2.75, 3.05) is 18.6 Å². The van der Waals surface area contributed by atoms with Gasteiger partial charge in [-0.1, -0.05) is 11.2 Å². The molecule has 0 aliphatic carbocycles. The summed E-state index contributed by atoms with van der Waals surface area (Å²) in [6.07, 6.45) is 1.08. The minimum Gasteiger partial charge on any atom is -0.493 e. The summed E-state index contributed by atoms with van der Waals surface area (Å²) >= 11 is 1.85. The third kappa shape index (κ3) is 2.89. The Morgan fingerprint density at radius 3 is 3.00 bits per heavy atom. The van der Waals surface area contributed by atoms with E-state index in [4.69, 9.17) is 19.1 Å². The van der Waals surface area contributed by atoms with Crippen molar-refractivity contribution in [1.82, 2.24) is 5.16 Å². The molecule has 1 fully saturated rings. The summed E-state index contributed by atoms with van der Waals surface area (Å²) in [6.45, 7) is 0. The van der Waals surface area contributed by atoms with E-state index in [1.807, 2.05) is 11.8 Å². The van der Waals surface area contributed by atoms with Gasteiger partial charge < -0.3 is 19.1 Å². The predicted octanol–water partition coefficient (Wildman–Crippen LogP) is 2.93. The van der Waals surface area contributed by atoms with E-state index in [0.29, 0.717) is 22.8 Å². The number of benzene rings is 1. The number of para-hydroxylation sites is 1. The molecule has 1 unspecified atom stereocenters. The highest BCUT2D eigenvalue weighted by Crippen LogP contribution is 2.40. The number of thioether (sulfide) groups is 1. The normalized spacial score (nSPS) is 17.4. The Bertz CT molecular complexity index is 678. The molecular formula is C15H15NO5S. The minimum absolute atomic E-state index is 0.113. The van der Waals surface area contributed by atoms with Crippen molar-refractivity contribution in [2.24, 2.45) is 0 Å². The molecule has 0 radical (unpaired) electrons. The van der Waals surface area contributed by atoms with Crippen LogP contribution < -0.4 is 9.47 Å². The van der Waals surface area contributed by atoms with Crippen LogP contribution in [0.3, 0.4) is 0 Å². The fourth-order valence-electron chi connectivity index (χ4n) is 2.27. The predicted molar refractivity (Wildman–Crippen MR) is 81.8 cm³/mol. The Labute approximate surface area is 131 Å². The maximum atomic E-state index is 11.0. The highest BCUT2D eigenvalue weighted by molar-refractivity contribution is 7.99. The van der Waals surface area contributed by atoms with E-state index in [-0.39, 0.29) is 11.8 Å². The number of nitrogens with zero attached hydrogens (tertiary/aromatic N) is 1. The fraction of sp³-hybridized carbons (Fsp3) is 0.333. The number of hydrogen-bond donors (Lipinski definition) is 1. The van der Waals surface area contributed by atoms with E-state index in [0.717, 1.165) is 17.9 Å². The SMILES string of the molecule is COc1cccc(-c2cc(C(=O)O)no2)c1OC1CCSC1. The molecule has 0 bridgehead atoms. The molecule has 1 N–H and O–H groups in total. The van der Waals surface area contributed by atoms with Gasteiger partial charge in [0.25, 0.3) is 0 Å². The molecule has 116 valence electrons. The smallest absolute Gasteiger partial charge is 0.358 e. The average Bonchev–Trinajstić information content (AvgIpc) is 3.18. The van der Waals surface area contributed by atoms with Gasteiger partial charge in [-0.2, -0.15) is 11.8 Å². The number of hydrogen-bond acceptors (Lipinski definition) is 6. The Morgan fingerprint density at radius 2 is 2.36 bits per heavy atom. The summed E-state index contributed by atoms with van der Waals surface area (Å²) in [5, 5.41) is 12.5. The van der Waals surface area contributed by atoms with Gasteiger partial charge in [0.2, 0.25) is 0 Å². The third-order valence-electron chi connectivity index (χ3n) is 3.37. The van der Waals surface area contributed by atoms with Crippen molar-refractivity contribution in [2.45, 2.75) is 12.5 Å². The van der Waals surface area contributed by atoms with Crippen LogP contribution in [0.4, 0.5) is 0 Å². The second-order valence-electron chi connectivity index (χ2n) is 4.82. The summed E-state index contributed by atoms with van der Waals surface area (Å²) in [6, 6.07) is 6.78. The zero-order valence-corrected chi connectivity index (χ0v) is 12.8. The standard InChI is InChI=1S/C15H15NO5S/c1-19-12-4-2-3-10(13-7-11(15(17)18)16-21-13)14(12)20-9-5-6-22-8-9/h2-4,7,9H,5-6,8H2,1H3,(H,17,18). The summed E-state index contributed by atoms with van der Waals surface area (Å²) in [4.78, 5) is 11.0. The Balaban J connectivity index is 1.99. The molecule has 1 aliphatic rings. The summed E-state index contributed by atoms with van der Waals surface area (Å²) in [7, 11) is 1.57. The molecule has 3 rings (SSSR count). The van der Waals surface area contributed by atoms with Crippen LogP contribution in [0.1, 0.15) is 16.9 Å². The summed E-state index contributed by atoms with van der Waals surface area (Å²) in [5.41, 5.74) is 0.497. The zero-order chi connectivity index (χ0) is 15.5. The van der Waals surface area contributed by atoms with E-state index in [1.165, 1.54) is 6.07 Å². The molecule has 22 heavy (non-hydrogen) atoms. The van der Waals surface area contributed by atoms with Crippen molar-refractivity contribution in [1.29, 1.82) is 0 Å². The van der Waals surface area contributed by atoms with Crippen LogP contribution in [-0.4, -0.2) is 41.0 Å². The van der Waals surface area contributed by atoms with E-state index in [2.05, 4.69) is 5.16 Å². The van der Waals surface area contributed by atoms with Crippen molar-refractivity contribution in [3.05, 3.63) is 30.0 Å². The van der Waals surface area contributed by atoms with Crippen molar-refractivity contribution in [3.63, 3.8) is 0 Å². The Morgan fingerprint density at radius 1 is 1.50 bits per heavy atom. The van der Waals surface area contributed by atoms with Gasteiger partial charge in [0, 0.05) is 11.8 Å². The summed E-state index contributed by atoms with van der Waals surface area (Å²) in [5.74, 6) is 2.35. The van der Waals surface area contributed by atoms with Gasteiger partial charge >= 0.3 is 5.97 Å². The summed E-state index contributed by atoms with van der Waals surface area (Å²) < 4.78 is 16.6. The average molecular weight is 321 g/mol. The maximum Gasteiger partial charge on any atom is 0.358 e. The molecule has 6 nitrogen and oxygen atoms in total. The number of carbonyl (C=O) groups is 1. The van der Waals surface area contributed by atoms with Crippen LogP contribution in [0.2, 0.25) is 0 Å². The molecule has 2 heterocycles. The number of aromatic carboxylic acids is 1. The molecule has 1 atom stereocenters. The lowest BCUT2D eigenvalue weighted by atomic mass is 10.1. The van der Waals surface area contributed by atoms with E-state index < -0.39 is 5.97 Å². The molecule has 0 spiro atoms. The van der Waals surface area contributed by atoms with Crippen molar-refractivity contribution < 1.29 is 23.9 Å². The molecule has 1 saturated heterocycles. The van der Waals surface area contributed by atoms with Crippen LogP contribution >= 0.6 is 11.8 Å². The number of carboxylic acid groups (broad SMARTS) is 1. The maximum absolute atomic E-state index is 11.0. The van der Waals surface area contributed by atoms with Crippen molar-refractivity contribution >= 4 is 17.7 Å². The lowest BCUT2D eigenvalue weighted by Crippen LogP contribution is -2.15. The molecule has 0 amide bonds. The van der Waals surface area contributed by atoms with Gasteiger partial charge in [0.15, 0.2) is 23.0 Å². The van der Waals surface area contributed by atoms with Crippen LogP contribution in [0, 0.1) is 0 Å². The lowest BCUT2D eigenvalue weighted by molar-refractivity contribution is 0.0686. The van der Waals surface area contributed by atoms with Gasteiger partial charge in [0.1, 0.15) is 6.10 Å². The molecule has 1 aromatic heterocycles. The topological polar surface area (TPSA) is 81.8 Å². The van der Waals surface area contributed by atoms with E-state index in [9.17, 15) is 4.79 Å². The molecule has 2 aromatic rings. The van der Waals surface area contributed by atoms with Gasteiger partial charge in [-0.25, -0.2) is 4.79 Å². The second kappa shape index (κ2) is 6.31. The first-order valence-corrected chi connectivity index (χ1v) is 7.96. The molecule has 0 saturated carbocycles. The van der Waals surface area contributed by atoms with Gasteiger partial charge in [-0.3, -0.25) is 0 Å². The number of ether oxygens (including phenoxy) is 2. The molecule has 1 aliphatic heterocycles. The number of methoxy groups -OCH3 is 1. The number of carboxylic acids is 1. The van der Waals surface area contributed by atoms with Gasteiger partial charge in [-0.05, 0) is 24.3 Å². The van der Waals surface area contributed by atoms with E-state index in [1.54, 1.807) is 25.3 Å². The fourth-order valence-corrected chi connectivity index (χ4v) is 3.36. The van der Waals surface area contributed by atoms with Crippen LogP contribution in [-0.2, 0) is 0 Å². The van der Waals surface area contributed by atoms with Crippen molar-refractivity contribution in [3.8, 4) is 22.8 Å². The first-order valence-electron chi connectivity index (χ1n) is 6.81. The third-order valence-corrected chi connectivity index (χ3v) is 4.50. The Kier molecular flexibility index (Phi) is 4.24. The molecule has 7 heteroatoms. The van der Waals surface area contributed by atoms with Crippen LogP contribution in [0.5, 0.6) is 11.5 Å². The van der Waals surface area contributed by atoms with Gasteiger partial charge in [-0.15, -0.1) is 0 Å². The zero-order valence-electron chi connectivity index (χ0n) is 11.9. The number of aromatic nitrogens is 1. The first-order chi connectivity index (χ1) is 10.7. The van der Waals surface area contributed by atoms with Gasteiger partial charge in [0.05, 0.1) is 12.7 Å². The second-order valence-corrected chi connectivity index (χ2v) is 5.97. The highest BCUT2D eigenvalue weighted by Gasteiger charge is 2.23. The Hall–Kier alpha value is -2.15. The molecular weight excluding hydrogens is 306 g/mol. The monoisotopic (exact) mass is 321 g/mol. The van der Waals surface area contributed by atoms with E-state index >= 15 is 0 Å².